The topological polar surface area (TPSA) is 0 Å². The number of rotatable bonds is 2. The zero-order valence-electron chi connectivity index (χ0n) is 10.4. The van der Waals surface area contributed by atoms with Gasteiger partial charge < -0.3 is 0 Å². The lowest BCUT2D eigenvalue weighted by molar-refractivity contribution is 0.443. The summed E-state index contributed by atoms with van der Waals surface area (Å²) in [6.07, 6.45) is 3.47. The molecular weight excluding hydrogens is 240 g/mol. The van der Waals surface area contributed by atoms with Gasteiger partial charge in [-0.3, -0.25) is 0 Å². The van der Waals surface area contributed by atoms with Gasteiger partial charge in [0, 0.05) is 0 Å². The second-order valence-electron chi connectivity index (χ2n) is 5.08. The third kappa shape index (κ3) is 2.30. The first-order valence-electron chi connectivity index (χ1n) is 6.60. The van der Waals surface area contributed by atoms with Crippen LogP contribution in [0.3, 0.4) is 0 Å². The molecule has 2 aromatic carbocycles. The summed E-state index contributed by atoms with van der Waals surface area (Å²) in [4.78, 5) is 0. The van der Waals surface area contributed by atoms with E-state index in [1.807, 2.05) is 6.07 Å². The predicted octanol–water partition coefficient (Wildman–Crippen LogP) is 4.77. The van der Waals surface area contributed by atoms with E-state index in [0.29, 0.717) is 5.92 Å². The largest absolute Gasteiger partial charge is 0.118 e. The van der Waals surface area contributed by atoms with Gasteiger partial charge in [0.2, 0.25) is 0 Å². The molecule has 0 saturated carbocycles. The van der Waals surface area contributed by atoms with Crippen LogP contribution in [0.5, 0.6) is 0 Å². The van der Waals surface area contributed by atoms with Gasteiger partial charge >= 0.3 is 0 Å². The van der Waals surface area contributed by atoms with E-state index in [2.05, 4.69) is 48.5 Å². The Labute approximate surface area is 114 Å². The summed E-state index contributed by atoms with van der Waals surface area (Å²) in [7, 11) is 0. The van der Waals surface area contributed by atoms with Gasteiger partial charge in [-0.25, -0.2) is 0 Å². The van der Waals surface area contributed by atoms with Crippen molar-refractivity contribution >= 4 is 11.6 Å². The Bertz CT molecular complexity index is 518. The van der Waals surface area contributed by atoms with Crippen LogP contribution in [0.4, 0.5) is 0 Å². The second-order valence-corrected chi connectivity index (χ2v) is 5.55. The molecule has 0 spiro atoms. The Kier molecular flexibility index (Phi) is 3.38. The van der Waals surface area contributed by atoms with Crippen molar-refractivity contribution in [3.05, 3.63) is 71.3 Å². The number of halogens is 1. The van der Waals surface area contributed by atoms with Crippen molar-refractivity contribution in [2.75, 3.05) is 0 Å². The molecule has 0 fully saturated rings. The van der Waals surface area contributed by atoms with Gasteiger partial charge in [-0.05, 0) is 41.9 Å². The Balaban J connectivity index is 1.80. The SMILES string of the molecule is ClC(c1ccccc1)C1CCc2ccccc2C1. The lowest BCUT2D eigenvalue weighted by Crippen LogP contribution is -2.18. The maximum absolute atomic E-state index is 6.65. The highest BCUT2D eigenvalue weighted by Crippen LogP contribution is 2.37. The fourth-order valence-electron chi connectivity index (χ4n) is 2.88. The van der Waals surface area contributed by atoms with E-state index in [1.165, 1.54) is 23.1 Å². The predicted molar refractivity (Wildman–Crippen MR) is 77.0 cm³/mol. The van der Waals surface area contributed by atoms with E-state index in [1.54, 1.807) is 0 Å². The van der Waals surface area contributed by atoms with Gasteiger partial charge in [0.15, 0.2) is 0 Å². The summed E-state index contributed by atoms with van der Waals surface area (Å²) in [6, 6.07) is 19.2. The monoisotopic (exact) mass is 256 g/mol. The molecule has 18 heavy (non-hydrogen) atoms. The number of hydrogen-bond donors (Lipinski definition) is 0. The Morgan fingerprint density at radius 1 is 0.889 bits per heavy atom. The smallest absolute Gasteiger partial charge is 0.0616 e. The van der Waals surface area contributed by atoms with Gasteiger partial charge in [-0.1, -0.05) is 54.6 Å². The molecule has 0 saturated heterocycles. The van der Waals surface area contributed by atoms with Crippen molar-refractivity contribution in [2.45, 2.75) is 24.6 Å². The molecule has 2 atom stereocenters. The van der Waals surface area contributed by atoms with Crippen LogP contribution in [0.25, 0.3) is 0 Å². The van der Waals surface area contributed by atoms with Gasteiger partial charge in [-0.2, -0.15) is 0 Å². The first-order chi connectivity index (χ1) is 8.84. The number of fused-ring (bicyclic) bond motifs is 1. The molecule has 0 N–H and O–H groups in total. The van der Waals surface area contributed by atoms with Gasteiger partial charge in [-0.15, -0.1) is 11.6 Å². The van der Waals surface area contributed by atoms with E-state index in [0.717, 1.165) is 12.8 Å². The summed E-state index contributed by atoms with van der Waals surface area (Å²) in [5, 5.41) is 0.138. The number of benzene rings is 2. The summed E-state index contributed by atoms with van der Waals surface area (Å²) in [5.74, 6) is 0.559. The molecule has 92 valence electrons. The first-order valence-corrected chi connectivity index (χ1v) is 7.04. The average molecular weight is 257 g/mol. The van der Waals surface area contributed by atoms with Gasteiger partial charge in [0.1, 0.15) is 0 Å². The molecule has 0 aromatic heterocycles. The fraction of sp³-hybridized carbons (Fsp3) is 0.294. The Morgan fingerprint density at radius 3 is 2.33 bits per heavy atom. The summed E-state index contributed by atoms with van der Waals surface area (Å²) in [6.45, 7) is 0. The van der Waals surface area contributed by atoms with Crippen molar-refractivity contribution in [2.24, 2.45) is 5.92 Å². The number of aryl methyl sites for hydroxylation is 1. The van der Waals surface area contributed by atoms with Crippen LogP contribution in [0.2, 0.25) is 0 Å². The highest BCUT2D eigenvalue weighted by molar-refractivity contribution is 6.21. The quantitative estimate of drug-likeness (QED) is 0.679. The van der Waals surface area contributed by atoms with E-state index in [-0.39, 0.29) is 5.38 Å². The molecular formula is C17H17Cl. The molecule has 0 aliphatic heterocycles. The zero-order chi connectivity index (χ0) is 12.4. The normalized spacial score (nSPS) is 20.2. The van der Waals surface area contributed by atoms with E-state index < -0.39 is 0 Å². The van der Waals surface area contributed by atoms with E-state index in [9.17, 15) is 0 Å². The van der Waals surface area contributed by atoms with Gasteiger partial charge in [0.05, 0.1) is 5.38 Å². The first kappa shape index (κ1) is 11.8. The van der Waals surface area contributed by atoms with Crippen LogP contribution < -0.4 is 0 Å². The average Bonchev–Trinajstić information content (AvgIpc) is 2.47. The Hall–Kier alpha value is -1.27. The molecule has 2 unspecified atom stereocenters. The van der Waals surface area contributed by atoms with Crippen LogP contribution >= 0.6 is 11.6 Å². The molecule has 3 rings (SSSR count). The molecule has 0 radical (unpaired) electrons. The van der Waals surface area contributed by atoms with Crippen LogP contribution in [0, 0.1) is 5.92 Å². The molecule has 2 aromatic rings. The summed E-state index contributed by atoms with van der Waals surface area (Å²) < 4.78 is 0. The van der Waals surface area contributed by atoms with Crippen molar-refractivity contribution in [3.8, 4) is 0 Å². The maximum Gasteiger partial charge on any atom is 0.0616 e. The third-order valence-electron chi connectivity index (χ3n) is 3.92. The lowest BCUT2D eigenvalue weighted by Gasteiger charge is -2.28. The zero-order valence-corrected chi connectivity index (χ0v) is 11.1. The molecule has 1 aliphatic rings. The molecule has 0 bridgehead atoms. The number of hydrogen-bond acceptors (Lipinski definition) is 0. The Morgan fingerprint density at radius 2 is 1.56 bits per heavy atom. The van der Waals surface area contributed by atoms with E-state index >= 15 is 0 Å². The minimum atomic E-state index is 0.138. The van der Waals surface area contributed by atoms with Crippen molar-refractivity contribution in [3.63, 3.8) is 0 Å². The standard InChI is InChI=1S/C17H17Cl/c18-17(14-7-2-1-3-8-14)16-11-10-13-6-4-5-9-15(13)12-16/h1-9,16-17H,10-12H2. The van der Waals surface area contributed by atoms with E-state index in [4.69, 9.17) is 11.6 Å². The van der Waals surface area contributed by atoms with Crippen LogP contribution in [0.15, 0.2) is 54.6 Å². The fourth-order valence-corrected chi connectivity index (χ4v) is 3.25. The highest BCUT2D eigenvalue weighted by atomic mass is 35.5. The van der Waals surface area contributed by atoms with Crippen molar-refractivity contribution in [1.82, 2.24) is 0 Å². The minimum Gasteiger partial charge on any atom is -0.118 e. The summed E-state index contributed by atoms with van der Waals surface area (Å²) >= 11 is 6.65. The van der Waals surface area contributed by atoms with Crippen LogP contribution in [0.1, 0.15) is 28.5 Å². The summed E-state index contributed by atoms with van der Waals surface area (Å²) in [5.41, 5.74) is 4.24. The molecule has 0 amide bonds. The molecule has 0 heterocycles. The lowest BCUT2D eigenvalue weighted by atomic mass is 9.80. The highest BCUT2D eigenvalue weighted by Gasteiger charge is 2.25. The minimum absolute atomic E-state index is 0.138. The van der Waals surface area contributed by atoms with Crippen molar-refractivity contribution in [1.29, 1.82) is 0 Å². The van der Waals surface area contributed by atoms with Gasteiger partial charge in [0.25, 0.3) is 0 Å². The number of alkyl halides is 1. The van der Waals surface area contributed by atoms with Crippen molar-refractivity contribution < 1.29 is 0 Å². The molecule has 0 nitrogen and oxygen atoms in total. The molecule has 1 aliphatic carbocycles. The second kappa shape index (κ2) is 5.16. The van der Waals surface area contributed by atoms with Crippen LogP contribution in [-0.2, 0) is 12.8 Å². The molecule has 1 heteroatoms. The van der Waals surface area contributed by atoms with Crippen LogP contribution in [-0.4, -0.2) is 0 Å². The maximum atomic E-state index is 6.65. The third-order valence-corrected chi connectivity index (χ3v) is 4.53.